The van der Waals surface area contributed by atoms with Crippen molar-refractivity contribution in [2.24, 2.45) is 0 Å². The van der Waals surface area contributed by atoms with Crippen LogP contribution in [-0.4, -0.2) is 55.5 Å². The molecule has 2 atom stereocenters. The zero-order valence-corrected chi connectivity index (χ0v) is 15.1. The van der Waals surface area contributed by atoms with Crippen molar-refractivity contribution in [3.8, 4) is 0 Å². The Balaban J connectivity index is 1.70. The molecule has 4 nitrogen and oxygen atoms in total. The third kappa shape index (κ3) is 4.68. The molecule has 1 N–H and O–H groups in total. The summed E-state index contributed by atoms with van der Waals surface area (Å²) in [5.41, 5.74) is 2.67. The van der Waals surface area contributed by atoms with Gasteiger partial charge in [-0.3, -0.25) is 9.69 Å². The fourth-order valence-electron chi connectivity index (χ4n) is 3.48. The second-order valence-corrected chi connectivity index (χ2v) is 6.97. The standard InChI is InChI=1S/C21H27N3O/c1-23(2)21(25)13-22-20-16-24(14-17-9-5-3-6-10-17)15-19(20)18-11-7-4-8-12-18/h3-12,19-20,22H,13-16H2,1-2H3/t19-,20+/m0/s1. The molecule has 0 bridgehead atoms. The van der Waals surface area contributed by atoms with Crippen molar-refractivity contribution < 1.29 is 4.79 Å². The maximum absolute atomic E-state index is 12.0. The van der Waals surface area contributed by atoms with Crippen LogP contribution in [0.3, 0.4) is 0 Å². The van der Waals surface area contributed by atoms with Gasteiger partial charge in [-0.05, 0) is 11.1 Å². The highest BCUT2D eigenvalue weighted by Crippen LogP contribution is 2.28. The van der Waals surface area contributed by atoms with Crippen LogP contribution in [0.25, 0.3) is 0 Å². The van der Waals surface area contributed by atoms with Crippen LogP contribution in [0.2, 0.25) is 0 Å². The Morgan fingerprint density at radius 1 is 1.04 bits per heavy atom. The Morgan fingerprint density at radius 2 is 1.68 bits per heavy atom. The molecule has 132 valence electrons. The molecule has 0 aliphatic carbocycles. The maximum Gasteiger partial charge on any atom is 0.236 e. The summed E-state index contributed by atoms with van der Waals surface area (Å²) >= 11 is 0. The van der Waals surface area contributed by atoms with E-state index in [1.54, 1.807) is 19.0 Å². The van der Waals surface area contributed by atoms with E-state index in [-0.39, 0.29) is 11.9 Å². The van der Waals surface area contributed by atoms with E-state index >= 15 is 0 Å². The van der Waals surface area contributed by atoms with E-state index in [4.69, 9.17) is 0 Å². The number of amides is 1. The van der Waals surface area contributed by atoms with Gasteiger partial charge in [0.1, 0.15) is 0 Å². The molecule has 0 radical (unpaired) electrons. The number of nitrogens with zero attached hydrogens (tertiary/aromatic N) is 2. The molecule has 0 spiro atoms. The summed E-state index contributed by atoms with van der Waals surface area (Å²) in [4.78, 5) is 16.1. The second-order valence-electron chi connectivity index (χ2n) is 6.97. The smallest absolute Gasteiger partial charge is 0.236 e. The van der Waals surface area contributed by atoms with Crippen molar-refractivity contribution in [2.45, 2.75) is 18.5 Å². The van der Waals surface area contributed by atoms with Gasteiger partial charge in [-0.2, -0.15) is 0 Å². The first-order chi connectivity index (χ1) is 12.1. The highest BCUT2D eigenvalue weighted by molar-refractivity contribution is 5.77. The Labute approximate surface area is 150 Å². The normalized spacial score (nSPS) is 20.6. The van der Waals surface area contributed by atoms with Crippen LogP contribution in [-0.2, 0) is 11.3 Å². The third-order valence-electron chi connectivity index (χ3n) is 4.89. The van der Waals surface area contributed by atoms with E-state index in [2.05, 4.69) is 70.9 Å². The summed E-state index contributed by atoms with van der Waals surface area (Å²) in [6.45, 7) is 3.30. The van der Waals surface area contributed by atoms with E-state index in [9.17, 15) is 4.79 Å². The van der Waals surface area contributed by atoms with Crippen molar-refractivity contribution in [2.75, 3.05) is 33.7 Å². The summed E-state index contributed by atoms with van der Waals surface area (Å²) in [5, 5.41) is 3.49. The lowest BCUT2D eigenvalue weighted by molar-refractivity contribution is -0.127. The van der Waals surface area contributed by atoms with E-state index < -0.39 is 0 Å². The summed E-state index contributed by atoms with van der Waals surface area (Å²) in [6, 6.07) is 21.5. The lowest BCUT2D eigenvalue weighted by Crippen LogP contribution is -2.42. The zero-order valence-electron chi connectivity index (χ0n) is 15.1. The molecular formula is C21H27N3O. The minimum atomic E-state index is 0.119. The van der Waals surface area contributed by atoms with Gasteiger partial charge >= 0.3 is 0 Å². The fraction of sp³-hybridized carbons (Fsp3) is 0.381. The highest BCUT2D eigenvalue weighted by Gasteiger charge is 2.33. The van der Waals surface area contributed by atoms with Gasteiger partial charge in [0, 0.05) is 45.7 Å². The van der Waals surface area contributed by atoms with Crippen LogP contribution in [0.4, 0.5) is 0 Å². The van der Waals surface area contributed by atoms with Crippen LogP contribution in [0.1, 0.15) is 17.0 Å². The third-order valence-corrected chi connectivity index (χ3v) is 4.89. The van der Waals surface area contributed by atoms with E-state index in [0.29, 0.717) is 12.5 Å². The molecule has 2 aromatic carbocycles. The van der Waals surface area contributed by atoms with Gasteiger partial charge in [0.25, 0.3) is 0 Å². The van der Waals surface area contributed by atoms with E-state index in [1.807, 2.05) is 0 Å². The van der Waals surface area contributed by atoms with Crippen LogP contribution >= 0.6 is 0 Å². The molecule has 1 heterocycles. The predicted molar refractivity (Wildman–Crippen MR) is 101 cm³/mol. The summed E-state index contributed by atoms with van der Waals surface area (Å²) < 4.78 is 0. The predicted octanol–water partition coefficient (Wildman–Crippen LogP) is 2.33. The molecule has 4 heteroatoms. The Morgan fingerprint density at radius 3 is 2.32 bits per heavy atom. The van der Waals surface area contributed by atoms with Gasteiger partial charge in [-0.1, -0.05) is 60.7 Å². The van der Waals surface area contributed by atoms with Gasteiger partial charge < -0.3 is 10.2 Å². The molecule has 0 unspecified atom stereocenters. The average molecular weight is 337 g/mol. The molecule has 1 amide bonds. The highest BCUT2D eigenvalue weighted by atomic mass is 16.2. The molecule has 0 aromatic heterocycles. The Bertz CT molecular complexity index is 672. The monoisotopic (exact) mass is 337 g/mol. The second kappa shape index (κ2) is 8.28. The molecule has 0 saturated carbocycles. The summed E-state index contributed by atoms with van der Waals surface area (Å²) in [7, 11) is 3.60. The fourth-order valence-corrected chi connectivity index (χ4v) is 3.48. The topological polar surface area (TPSA) is 35.6 Å². The molecule has 1 aliphatic rings. The number of carbonyl (C=O) groups is 1. The van der Waals surface area contributed by atoms with Crippen LogP contribution in [0.5, 0.6) is 0 Å². The van der Waals surface area contributed by atoms with Crippen LogP contribution in [0.15, 0.2) is 60.7 Å². The number of likely N-dealkylation sites (tertiary alicyclic amines) is 1. The number of nitrogens with one attached hydrogen (secondary N) is 1. The summed E-state index contributed by atoms with van der Waals surface area (Å²) in [5.74, 6) is 0.521. The largest absolute Gasteiger partial charge is 0.348 e. The lowest BCUT2D eigenvalue weighted by Gasteiger charge is -2.21. The quantitative estimate of drug-likeness (QED) is 0.879. The van der Waals surface area contributed by atoms with Gasteiger partial charge in [0.15, 0.2) is 0 Å². The molecule has 25 heavy (non-hydrogen) atoms. The molecule has 1 saturated heterocycles. The van der Waals surface area contributed by atoms with E-state index in [0.717, 1.165) is 19.6 Å². The van der Waals surface area contributed by atoms with Crippen molar-refractivity contribution in [3.63, 3.8) is 0 Å². The van der Waals surface area contributed by atoms with Crippen molar-refractivity contribution in [1.29, 1.82) is 0 Å². The van der Waals surface area contributed by atoms with Gasteiger partial charge in [-0.25, -0.2) is 0 Å². The number of benzene rings is 2. The maximum atomic E-state index is 12.0. The Kier molecular flexibility index (Phi) is 5.84. The van der Waals surface area contributed by atoms with Crippen molar-refractivity contribution >= 4 is 5.91 Å². The van der Waals surface area contributed by atoms with Crippen LogP contribution in [0, 0.1) is 0 Å². The SMILES string of the molecule is CN(C)C(=O)CN[C@@H]1CN(Cc2ccccc2)C[C@H]1c1ccccc1. The lowest BCUT2D eigenvalue weighted by atomic mass is 9.94. The first-order valence-electron chi connectivity index (χ1n) is 8.88. The first kappa shape index (κ1) is 17.6. The molecule has 1 fully saturated rings. The summed E-state index contributed by atoms with van der Waals surface area (Å²) in [6.07, 6.45) is 0. The first-order valence-corrected chi connectivity index (χ1v) is 8.88. The number of likely N-dealkylation sites (N-methyl/N-ethyl adjacent to an activating group) is 1. The number of carbonyl (C=O) groups excluding carboxylic acids is 1. The minimum Gasteiger partial charge on any atom is -0.348 e. The van der Waals surface area contributed by atoms with Crippen molar-refractivity contribution in [1.82, 2.24) is 15.1 Å². The zero-order chi connectivity index (χ0) is 17.6. The number of hydrogen-bond donors (Lipinski definition) is 1. The molecular weight excluding hydrogens is 310 g/mol. The van der Waals surface area contributed by atoms with Gasteiger partial charge in [-0.15, -0.1) is 0 Å². The molecule has 3 rings (SSSR count). The van der Waals surface area contributed by atoms with E-state index in [1.165, 1.54) is 11.1 Å². The van der Waals surface area contributed by atoms with Crippen molar-refractivity contribution in [3.05, 3.63) is 71.8 Å². The molecule has 2 aromatic rings. The minimum absolute atomic E-state index is 0.119. The van der Waals surface area contributed by atoms with Gasteiger partial charge in [0.2, 0.25) is 5.91 Å². The van der Waals surface area contributed by atoms with Crippen LogP contribution < -0.4 is 5.32 Å². The Hall–Kier alpha value is -2.17. The number of hydrogen-bond acceptors (Lipinski definition) is 3. The average Bonchev–Trinajstić information content (AvgIpc) is 3.04. The number of rotatable bonds is 6. The van der Waals surface area contributed by atoms with Gasteiger partial charge in [0.05, 0.1) is 6.54 Å². The molecule has 1 aliphatic heterocycles.